The van der Waals surface area contributed by atoms with E-state index in [9.17, 15) is 35.1 Å². The third-order valence-corrected chi connectivity index (χ3v) is 3.55. The maximum absolute atomic E-state index is 12.6. The summed E-state index contributed by atoms with van der Waals surface area (Å²) in [5.41, 5.74) is -2.86. The molecule has 2 aromatic carbocycles. The molecule has 0 aliphatic carbocycles. The molecule has 0 saturated heterocycles. The van der Waals surface area contributed by atoms with Gasteiger partial charge in [0.2, 0.25) is 0 Å². The summed E-state index contributed by atoms with van der Waals surface area (Å²) in [6.45, 7) is 0. The predicted molar refractivity (Wildman–Crippen MR) is 82.2 cm³/mol. The molecule has 0 spiro atoms. The lowest BCUT2D eigenvalue weighted by Crippen LogP contribution is -2.10. The van der Waals surface area contributed by atoms with Crippen molar-refractivity contribution >= 4 is 11.1 Å². The molecule has 0 fully saturated rings. The van der Waals surface area contributed by atoms with E-state index in [0.717, 1.165) is 24.3 Å². The van der Waals surface area contributed by atoms with Crippen LogP contribution in [0.2, 0.25) is 0 Å². The van der Waals surface area contributed by atoms with Crippen LogP contribution in [0.3, 0.4) is 0 Å². The number of allylic oxidation sites excluding steroid dienone is 2. The Hall–Kier alpha value is -2.64. The molecule has 0 unspecified atom stereocenters. The normalized spacial score (nSPS) is 13.8. The van der Waals surface area contributed by atoms with Gasteiger partial charge < -0.3 is 0 Å². The minimum Gasteiger partial charge on any atom is -0.215 e. The van der Waals surface area contributed by atoms with Crippen molar-refractivity contribution in [3.05, 3.63) is 72.3 Å². The molecule has 0 nitrogen and oxygen atoms in total. The number of hydrogen-bond acceptors (Lipinski definition) is 0. The first-order valence-corrected chi connectivity index (χ1v) is 7.04. The van der Waals surface area contributed by atoms with Gasteiger partial charge in [0, 0.05) is 0 Å². The van der Waals surface area contributed by atoms with Crippen LogP contribution in [0.15, 0.2) is 61.2 Å². The third kappa shape index (κ3) is 4.30. The molecule has 138 valence electrons. The zero-order valence-electron chi connectivity index (χ0n) is 12.8. The van der Waals surface area contributed by atoms with Crippen molar-refractivity contribution in [1.29, 1.82) is 0 Å². The second-order valence-corrected chi connectivity index (χ2v) is 5.20. The van der Waals surface area contributed by atoms with Crippen LogP contribution in [0.4, 0.5) is 35.1 Å². The van der Waals surface area contributed by atoms with E-state index in [1.54, 1.807) is 0 Å². The molecule has 2 aromatic rings. The second kappa shape index (κ2) is 7.31. The van der Waals surface area contributed by atoms with Gasteiger partial charge in [0.15, 0.2) is 0 Å². The lowest BCUT2D eigenvalue weighted by molar-refractivity contribution is -0.0704. The summed E-state index contributed by atoms with van der Waals surface area (Å²) in [4.78, 5) is 0. The van der Waals surface area contributed by atoms with E-state index >= 15 is 0 Å². The fourth-order valence-corrected chi connectivity index (χ4v) is 2.26. The first-order valence-electron chi connectivity index (χ1n) is 7.04. The van der Waals surface area contributed by atoms with Gasteiger partial charge in [-0.1, -0.05) is 48.5 Å². The van der Waals surface area contributed by atoms with Gasteiger partial charge in [0.05, 0.1) is 23.8 Å². The Bertz CT molecular complexity index is 735. The monoisotopic (exact) mass is 378 g/mol. The summed E-state index contributed by atoms with van der Waals surface area (Å²) in [6, 6.07) is 9.28. The Labute approximate surface area is 143 Å². The van der Waals surface area contributed by atoms with Crippen molar-refractivity contribution in [2.24, 2.45) is 0 Å². The Morgan fingerprint density at radius 1 is 0.538 bits per heavy atom. The van der Waals surface area contributed by atoms with Crippen molar-refractivity contribution in [1.82, 2.24) is 0 Å². The molecular weight excluding hydrogens is 368 g/mol. The molecule has 26 heavy (non-hydrogen) atoms. The molecule has 0 aromatic heterocycles. The van der Waals surface area contributed by atoms with Crippen molar-refractivity contribution in [3.63, 3.8) is 0 Å². The summed E-state index contributed by atoms with van der Waals surface area (Å²) in [5.74, 6) is 0. The first-order chi connectivity index (χ1) is 12.1. The number of benzene rings is 2. The SMILES string of the molecule is F/C=C(/c1ccc(-c2ccc(/C(=C/F)C(F)(F)F)cc2)cc1)C(F)(F)F. The molecule has 0 amide bonds. The summed E-state index contributed by atoms with van der Waals surface area (Å²) < 4.78 is 101. The molecule has 0 aliphatic heterocycles. The highest BCUT2D eigenvalue weighted by molar-refractivity contribution is 5.74. The number of halogens is 8. The van der Waals surface area contributed by atoms with Gasteiger partial charge in [-0.15, -0.1) is 0 Å². The minimum atomic E-state index is -4.86. The molecule has 0 bridgehead atoms. The quantitative estimate of drug-likeness (QED) is 0.500. The highest BCUT2D eigenvalue weighted by Crippen LogP contribution is 2.36. The number of rotatable bonds is 3. The predicted octanol–water partition coefficient (Wildman–Crippen LogP) is 7.10. The summed E-state index contributed by atoms with van der Waals surface area (Å²) >= 11 is 0. The highest BCUT2D eigenvalue weighted by Gasteiger charge is 2.35. The van der Waals surface area contributed by atoms with E-state index in [0.29, 0.717) is 11.1 Å². The molecular formula is C18H10F8. The lowest BCUT2D eigenvalue weighted by atomic mass is 9.98. The van der Waals surface area contributed by atoms with E-state index < -0.39 is 36.2 Å². The largest absolute Gasteiger partial charge is 0.419 e. The fraction of sp³-hybridized carbons (Fsp3) is 0.111. The molecule has 0 saturated carbocycles. The van der Waals surface area contributed by atoms with Crippen LogP contribution < -0.4 is 0 Å². The number of hydrogen-bond donors (Lipinski definition) is 0. The molecule has 0 heterocycles. The van der Waals surface area contributed by atoms with Gasteiger partial charge in [-0.25, -0.2) is 8.78 Å². The first kappa shape index (κ1) is 19.7. The Kier molecular flexibility index (Phi) is 5.53. The average molecular weight is 378 g/mol. The van der Waals surface area contributed by atoms with Crippen LogP contribution in [0.5, 0.6) is 0 Å². The second-order valence-electron chi connectivity index (χ2n) is 5.20. The van der Waals surface area contributed by atoms with Crippen molar-refractivity contribution in [3.8, 4) is 11.1 Å². The van der Waals surface area contributed by atoms with Gasteiger partial charge in [-0.2, -0.15) is 26.3 Å². The van der Waals surface area contributed by atoms with E-state index in [4.69, 9.17) is 0 Å². The van der Waals surface area contributed by atoms with Crippen LogP contribution in [-0.4, -0.2) is 12.4 Å². The van der Waals surface area contributed by atoms with Gasteiger partial charge in [0.1, 0.15) is 0 Å². The van der Waals surface area contributed by atoms with Crippen LogP contribution in [0.25, 0.3) is 22.3 Å². The molecule has 0 N–H and O–H groups in total. The fourth-order valence-electron chi connectivity index (χ4n) is 2.26. The highest BCUT2D eigenvalue weighted by atomic mass is 19.4. The van der Waals surface area contributed by atoms with Crippen molar-refractivity contribution in [2.45, 2.75) is 12.4 Å². The zero-order chi connectivity index (χ0) is 19.5. The van der Waals surface area contributed by atoms with Gasteiger partial charge >= 0.3 is 12.4 Å². The zero-order valence-corrected chi connectivity index (χ0v) is 12.8. The van der Waals surface area contributed by atoms with Crippen molar-refractivity contribution in [2.75, 3.05) is 0 Å². The smallest absolute Gasteiger partial charge is 0.215 e. The Balaban J connectivity index is 2.31. The van der Waals surface area contributed by atoms with Gasteiger partial charge in [-0.05, 0) is 22.3 Å². The van der Waals surface area contributed by atoms with Crippen LogP contribution in [0.1, 0.15) is 11.1 Å². The molecule has 0 aliphatic rings. The number of alkyl halides is 6. The van der Waals surface area contributed by atoms with E-state index in [1.807, 2.05) is 0 Å². The van der Waals surface area contributed by atoms with E-state index in [1.165, 1.54) is 24.3 Å². The molecule has 8 heteroatoms. The summed E-state index contributed by atoms with van der Waals surface area (Å²) in [6.07, 6.45) is -10.8. The average Bonchev–Trinajstić information content (AvgIpc) is 2.55. The van der Waals surface area contributed by atoms with Crippen LogP contribution >= 0.6 is 0 Å². The lowest BCUT2D eigenvalue weighted by Gasteiger charge is -2.12. The minimum absolute atomic E-state index is 0.389. The van der Waals surface area contributed by atoms with E-state index in [-0.39, 0.29) is 11.1 Å². The van der Waals surface area contributed by atoms with Crippen LogP contribution in [0, 0.1) is 0 Å². The topological polar surface area (TPSA) is 0 Å². The maximum atomic E-state index is 12.6. The Morgan fingerprint density at radius 2 is 0.808 bits per heavy atom. The molecule has 0 radical (unpaired) electrons. The summed E-state index contributed by atoms with van der Waals surface area (Å²) in [5, 5.41) is 0. The Morgan fingerprint density at radius 3 is 1.00 bits per heavy atom. The standard InChI is InChI=1S/C18H10F8/c19-9-15(17(21,22)23)13-5-1-11(2-6-13)12-3-7-14(8-4-12)16(10-20)18(24,25)26/h1-10H/b15-9-,16-10-. The van der Waals surface area contributed by atoms with Gasteiger partial charge in [-0.3, -0.25) is 0 Å². The molecule has 0 atom stereocenters. The third-order valence-electron chi connectivity index (χ3n) is 3.55. The van der Waals surface area contributed by atoms with Crippen molar-refractivity contribution < 1.29 is 35.1 Å². The van der Waals surface area contributed by atoms with Gasteiger partial charge in [0.25, 0.3) is 0 Å². The van der Waals surface area contributed by atoms with Crippen LogP contribution in [-0.2, 0) is 0 Å². The maximum Gasteiger partial charge on any atom is 0.419 e. The van der Waals surface area contributed by atoms with E-state index in [2.05, 4.69) is 0 Å². The summed E-state index contributed by atoms with van der Waals surface area (Å²) in [7, 11) is 0. The molecule has 2 rings (SSSR count).